The number of hydrogen-bond donors (Lipinski definition) is 1. The molecule has 1 unspecified atom stereocenters. The van der Waals surface area contributed by atoms with Crippen LogP contribution in [0.5, 0.6) is 0 Å². The molecule has 7 heteroatoms. The molecule has 0 radical (unpaired) electrons. The van der Waals surface area contributed by atoms with Crippen LogP contribution in [-0.2, 0) is 20.2 Å². The molecular formula is C8H14FN2O3P. The molecule has 1 rings (SSSR count). The van der Waals surface area contributed by atoms with Gasteiger partial charge in [0.15, 0.2) is 0 Å². The molecule has 0 saturated heterocycles. The van der Waals surface area contributed by atoms with Gasteiger partial charge in [-0.2, -0.15) is 0 Å². The summed E-state index contributed by atoms with van der Waals surface area (Å²) in [5, 5.41) is 0. The number of nitrogens with zero attached hydrogens (tertiary/aromatic N) is 1. The molecular weight excluding hydrogens is 222 g/mol. The number of aromatic amines is 1. The van der Waals surface area contributed by atoms with Crippen LogP contribution in [0.3, 0.4) is 0 Å². The molecule has 1 heterocycles. The van der Waals surface area contributed by atoms with Gasteiger partial charge in [0.1, 0.15) is 6.61 Å². The van der Waals surface area contributed by atoms with Crippen molar-refractivity contribution in [3.63, 3.8) is 0 Å². The molecule has 1 aromatic rings. The molecule has 0 aromatic carbocycles. The monoisotopic (exact) mass is 236 g/mol. The summed E-state index contributed by atoms with van der Waals surface area (Å²) in [6.45, 7) is 3.58. The lowest BCUT2D eigenvalue weighted by atomic mass is 10.2. The Bertz CT molecular complexity index is 329. The zero-order valence-electron chi connectivity index (χ0n) is 8.64. The lowest BCUT2D eigenvalue weighted by molar-refractivity contribution is 0.153. The van der Waals surface area contributed by atoms with E-state index in [0.717, 1.165) is 0 Å². The highest BCUT2D eigenvalue weighted by Crippen LogP contribution is 2.50. The summed E-state index contributed by atoms with van der Waals surface area (Å²) < 4.78 is 33.2. The normalized spacial score (nSPS) is 15.5. The smallest absolute Gasteiger partial charge is 0.347 e. The molecule has 0 bridgehead atoms. The maximum absolute atomic E-state index is 13.1. The predicted octanol–water partition coefficient (Wildman–Crippen LogP) is 2.68. The Morgan fingerprint density at radius 2 is 2.33 bits per heavy atom. The summed E-state index contributed by atoms with van der Waals surface area (Å²) >= 11 is 0. The topological polar surface area (TPSA) is 64.2 Å². The van der Waals surface area contributed by atoms with E-state index in [1.165, 1.54) is 12.5 Å². The van der Waals surface area contributed by atoms with Gasteiger partial charge in [-0.3, -0.25) is 9.05 Å². The van der Waals surface area contributed by atoms with E-state index >= 15 is 0 Å². The largest absolute Gasteiger partial charge is 0.513 e. The highest BCUT2D eigenvalue weighted by molar-refractivity contribution is 7.48. The first kappa shape index (κ1) is 12.4. The number of rotatable bonds is 6. The molecule has 15 heavy (non-hydrogen) atoms. The first-order valence-corrected chi connectivity index (χ1v) is 5.99. The highest BCUT2D eigenvalue weighted by atomic mass is 31.2. The van der Waals surface area contributed by atoms with Crippen LogP contribution in [0.25, 0.3) is 0 Å². The molecule has 0 aliphatic rings. The second kappa shape index (κ2) is 5.39. The van der Waals surface area contributed by atoms with Gasteiger partial charge in [-0.05, 0) is 5.92 Å². The summed E-state index contributed by atoms with van der Waals surface area (Å²) in [6, 6.07) is 0. The summed E-state index contributed by atoms with van der Waals surface area (Å²) in [5.74, 6) is 0.102. The van der Waals surface area contributed by atoms with Crippen LogP contribution < -0.4 is 0 Å². The van der Waals surface area contributed by atoms with Gasteiger partial charge in [0.25, 0.3) is 0 Å². The highest BCUT2D eigenvalue weighted by Gasteiger charge is 2.24. The molecule has 0 amide bonds. The zero-order chi connectivity index (χ0) is 11.3. The molecule has 0 aliphatic heterocycles. The van der Waals surface area contributed by atoms with Crippen LogP contribution in [0.4, 0.5) is 4.20 Å². The minimum atomic E-state index is -4.44. The molecule has 0 spiro atoms. The molecule has 0 saturated carbocycles. The van der Waals surface area contributed by atoms with Gasteiger partial charge in [-0.25, -0.2) is 9.55 Å². The minimum absolute atomic E-state index is 0.0662. The number of imidazole rings is 1. The van der Waals surface area contributed by atoms with Gasteiger partial charge >= 0.3 is 7.91 Å². The average Bonchev–Trinajstić information content (AvgIpc) is 2.65. The third-order valence-corrected chi connectivity index (χ3v) is 2.39. The maximum atomic E-state index is 13.1. The maximum Gasteiger partial charge on any atom is 0.513 e. The van der Waals surface area contributed by atoms with E-state index in [4.69, 9.17) is 0 Å². The Labute approximate surface area is 87.7 Å². The van der Waals surface area contributed by atoms with Crippen LogP contribution in [0.15, 0.2) is 12.5 Å². The van der Waals surface area contributed by atoms with Gasteiger partial charge in [0.05, 0.1) is 24.8 Å². The lowest BCUT2D eigenvalue weighted by Gasteiger charge is -2.10. The van der Waals surface area contributed by atoms with E-state index in [1.54, 1.807) is 0 Å². The van der Waals surface area contributed by atoms with Crippen molar-refractivity contribution in [1.82, 2.24) is 9.97 Å². The third kappa shape index (κ3) is 5.06. The van der Waals surface area contributed by atoms with Crippen molar-refractivity contribution in [2.45, 2.75) is 20.5 Å². The quantitative estimate of drug-likeness (QED) is 0.771. The van der Waals surface area contributed by atoms with Crippen molar-refractivity contribution in [3.05, 3.63) is 18.2 Å². The molecule has 0 fully saturated rings. The van der Waals surface area contributed by atoms with Gasteiger partial charge < -0.3 is 4.98 Å². The fourth-order valence-electron chi connectivity index (χ4n) is 0.786. The molecule has 1 atom stereocenters. The number of H-pyrrole nitrogens is 1. The first-order chi connectivity index (χ1) is 6.99. The molecule has 86 valence electrons. The van der Waals surface area contributed by atoms with E-state index in [0.29, 0.717) is 5.69 Å². The molecule has 1 N–H and O–H groups in total. The lowest BCUT2D eigenvalue weighted by Crippen LogP contribution is -2.00. The second-order valence-corrected chi connectivity index (χ2v) is 4.85. The van der Waals surface area contributed by atoms with Crippen LogP contribution in [-0.4, -0.2) is 16.6 Å². The summed E-state index contributed by atoms with van der Waals surface area (Å²) in [7, 11) is -4.44. The van der Waals surface area contributed by atoms with E-state index in [9.17, 15) is 8.76 Å². The van der Waals surface area contributed by atoms with Crippen molar-refractivity contribution in [2.24, 2.45) is 5.92 Å². The number of hydrogen-bond acceptors (Lipinski definition) is 4. The van der Waals surface area contributed by atoms with Crippen molar-refractivity contribution >= 4 is 7.91 Å². The predicted molar refractivity (Wildman–Crippen MR) is 52.9 cm³/mol. The first-order valence-electron chi connectivity index (χ1n) is 4.55. The Balaban J connectivity index is 2.33. The Morgan fingerprint density at radius 3 is 2.87 bits per heavy atom. The summed E-state index contributed by atoms with van der Waals surface area (Å²) in [5.41, 5.74) is 0.543. The van der Waals surface area contributed by atoms with Crippen molar-refractivity contribution in [1.29, 1.82) is 0 Å². The zero-order valence-corrected chi connectivity index (χ0v) is 9.54. The fraction of sp³-hybridized carbons (Fsp3) is 0.625. The summed E-state index contributed by atoms with van der Waals surface area (Å²) in [4.78, 5) is 6.40. The molecule has 0 aliphatic carbocycles. The Kier molecular flexibility index (Phi) is 4.45. The van der Waals surface area contributed by atoms with Crippen LogP contribution in [0.2, 0.25) is 0 Å². The second-order valence-electron chi connectivity index (χ2n) is 3.47. The van der Waals surface area contributed by atoms with Crippen LogP contribution in [0.1, 0.15) is 19.5 Å². The molecule has 1 aromatic heterocycles. The van der Waals surface area contributed by atoms with Crippen molar-refractivity contribution in [3.8, 4) is 0 Å². The Hall–Kier alpha value is -0.710. The van der Waals surface area contributed by atoms with Gasteiger partial charge in [0.2, 0.25) is 0 Å². The summed E-state index contributed by atoms with van der Waals surface area (Å²) in [6.07, 6.45) is 2.89. The van der Waals surface area contributed by atoms with Gasteiger partial charge in [-0.15, -0.1) is 4.20 Å². The number of halogens is 1. The number of aromatic nitrogens is 2. The SMILES string of the molecule is CC(C)COP(=O)(F)OCc1cnc[nH]1. The fourth-order valence-corrected chi connectivity index (χ4v) is 1.63. The van der Waals surface area contributed by atoms with E-state index in [2.05, 4.69) is 19.0 Å². The Morgan fingerprint density at radius 1 is 1.60 bits per heavy atom. The van der Waals surface area contributed by atoms with Gasteiger partial charge in [-0.1, -0.05) is 13.8 Å². The standard InChI is InChI=1S/C8H14FN2O3P/c1-7(2)4-13-15(9,12)14-5-8-3-10-6-11-8/h3,6-7H,4-5H2,1-2H3,(H,10,11). The van der Waals surface area contributed by atoms with Crippen molar-refractivity contribution in [2.75, 3.05) is 6.61 Å². The third-order valence-electron chi connectivity index (χ3n) is 1.49. The van der Waals surface area contributed by atoms with Gasteiger partial charge in [0, 0.05) is 0 Å². The van der Waals surface area contributed by atoms with E-state index in [1.807, 2.05) is 13.8 Å². The van der Waals surface area contributed by atoms with Crippen LogP contribution in [0, 0.1) is 5.92 Å². The number of nitrogens with one attached hydrogen (secondary N) is 1. The average molecular weight is 236 g/mol. The van der Waals surface area contributed by atoms with E-state index in [-0.39, 0.29) is 19.1 Å². The molecule has 5 nitrogen and oxygen atoms in total. The van der Waals surface area contributed by atoms with Crippen LogP contribution >= 0.6 is 7.91 Å². The van der Waals surface area contributed by atoms with E-state index < -0.39 is 7.91 Å². The minimum Gasteiger partial charge on any atom is -0.347 e. The van der Waals surface area contributed by atoms with Crippen molar-refractivity contribution < 1.29 is 17.8 Å².